The number of amides is 1. The Labute approximate surface area is 166 Å². The first-order valence-electron chi connectivity index (χ1n) is 9.41. The van der Waals surface area contributed by atoms with Crippen molar-refractivity contribution in [2.24, 2.45) is 0 Å². The molecule has 146 valence electrons. The molecule has 1 fully saturated rings. The van der Waals surface area contributed by atoms with Crippen molar-refractivity contribution in [3.63, 3.8) is 0 Å². The van der Waals surface area contributed by atoms with Gasteiger partial charge in [-0.3, -0.25) is 4.79 Å². The van der Waals surface area contributed by atoms with Crippen LogP contribution >= 0.6 is 0 Å². The maximum Gasteiger partial charge on any atom is 0.251 e. The van der Waals surface area contributed by atoms with Crippen LogP contribution in [0.2, 0.25) is 0 Å². The van der Waals surface area contributed by atoms with Gasteiger partial charge >= 0.3 is 0 Å². The summed E-state index contributed by atoms with van der Waals surface area (Å²) in [7, 11) is 3.24. The Kier molecular flexibility index (Phi) is 3.87. The van der Waals surface area contributed by atoms with E-state index in [1.165, 1.54) is 0 Å². The average Bonchev–Trinajstić information content (AvgIpc) is 3.43. The minimum absolute atomic E-state index is 0.0887. The van der Waals surface area contributed by atoms with E-state index in [4.69, 9.17) is 15.5 Å². The highest BCUT2D eigenvalue weighted by Crippen LogP contribution is 2.53. The highest BCUT2D eigenvalue weighted by atomic mass is 16.5. The summed E-state index contributed by atoms with van der Waals surface area (Å²) in [4.78, 5) is 21.2. The number of carbonyl (C=O) groups is 1. The lowest BCUT2D eigenvalue weighted by atomic mass is 10.1. The molecule has 2 atom stereocenters. The van der Waals surface area contributed by atoms with Crippen LogP contribution in [-0.4, -0.2) is 39.6 Å². The molecule has 1 aliphatic carbocycles. The number of ether oxygens (including phenoxy) is 1. The molecule has 8 nitrogen and oxygen atoms in total. The van der Waals surface area contributed by atoms with E-state index in [1.54, 1.807) is 18.7 Å². The second kappa shape index (κ2) is 6.44. The number of carbonyl (C=O) groups excluding carboxylic acids is 1. The summed E-state index contributed by atoms with van der Waals surface area (Å²) in [6.45, 7) is 0. The smallest absolute Gasteiger partial charge is 0.251 e. The zero-order valence-electron chi connectivity index (χ0n) is 16.1. The second-order valence-corrected chi connectivity index (χ2v) is 7.19. The molecule has 29 heavy (non-hydrogen) atoms. The number of nitrogens with one attached hydrogen (secondary N) is 1. The van der Waals surface area contributed by atoms with Crippen LogP contribution in [0.4, 0.5) is 5.95 Å². The molecule has 4 aromatic rings. The molecular formula is C21H20N6O2. The number of nitrogens with two attached hydrogens (primary N) is 1. The van der Waals surface area contributed by atoms with Crippen molar-refractivity contribution in [2.75, 3.05) is 19.9 Å². The van der Waals surface area contributed by atoms with Gasteiger partial charge in [-0.05, 0) is 42.2 Å². The van der Waals surface area contributed by atoms with E-state index in [9.17, 15) is 4.79 Å². The van der Waals surface area contributed by atoms with Gasteiger partial charge in [-0.2, -0.15) is 4.52 Å². The van der Waals surface area contributed by atoms with E-state index in [0.717, 1.165) is 23.2 Å². The Hall–Kier alpha value is -3.68. The molecule has 2 aromatic carbocycles. The van der Waals surface area contributed by atoms with Crippen LogP contribution in [0.25, 0.3) is 16.6 Å². The van der Waals surface area contributed by atoms with Crippen molar-refractivity contribution < 1.29 is 9.53 Å². The largest absolute Gasteiger partial charge is 0.494 e. The van der Waals surface area contributed by atoms with Crippen LogP contribution in [0, 0.1) is 0 Å². The number of benzene rings is 2. The van der Waals surface area contributed by atoms with Crippen LogP contribution in [0.1, 0.15) is 40.0 Å². The lowest BCUT2D eigenvalue weighted by Crippen LogP contribution is -2.17. The van der Waals surface area contributed by atoms with E-state index in [2.05, 4.69) is 15.4 Å². The number of hydrogen-bond acceptors (Lipinski definition) is 6. The third-order valence-corrected chi connectivity index (χ3v) is 5.45. The van der Waals surface area contributed by atoms with E-state index in [0.29, 0.717) is 22.5 Å². The number of fused-ring (bicyclic) bond motifs is 3. The Morgan fingerprint density at radius 2 is 2.03 bits per heavy atom. The van der Waals surface area contributed by atoms with Gasteiger partial charge in [0.25, 0.3) is 5.91 Å². The number of nitrogens with zero attached hydrogens (tertiary/aromatic N) is 4. The molecule has 0 spiro atoms. The number of methoxy groups -OCH3 is 1. The molecule has 5 rings (SSSR count). The van der Waals surface area contributed by atoms with E-state index < -0.39 is 0 Å². The number of anilines is 1. The van der Waals surface area contributed by atoms with Crippen LogP contribution in [0.5, 0.6) is 5.75 Å². The molecule has 1 aliphatic rings. The summed E-state index contributed by atoms with van der Waals surface area (Å²) in [6, 6.07) is 13.4. The molecule has 0 radical (unpaired) electrons. The average molecular weight is 388 g/mol. The molecule has 0 saturated heterocycles. The quantitative estimate of drug-likeness (QED) is 0.556. The monoisotopic (exact) mass is 388 g/mol. The van der Waals surface area contributed by atoms with Crippen molar-refractivity contribution in [2.45, 2.75) is 18.3 Å². The first-order valence-corrected chi connectivity index (χ1v) is 9.41. The van der Waals surface area contributed by atoms with Crippen LogP contribution < -0.4 is 15.8 Å². The van der Waals surface area contributed by atoms with E-state index in [-0.39, 0.29) is 23.7 Å². The standard InChI is InChI=1S/C21H20N6O2/c1-23-20(28)12-6-3-5-11(9-12)14-10-15(14)18-25-19-13-7-4-8-16(29-2)17(13)24-21(22)27(19)26-18/h3-9,14-15H,10H2,1-2H3,(H2,22,24)(H,23,28). The van der Waals surface area contributed by atoms with E-state index >= 15 is 0 Å². The lowest BCUT2D eigenvalue weighted by molar-refractivity contribution is 0.0963. The predicted octanol–water partition coefficient (Wildman–Crippen LogP) is 2.50. The molecule has 2 unspecified atom stereocenters. The molecule has 1 amide bonds. The number of aromatic nitrogens is 4. The van der Waals surface area contributed by atoms with Gasteiger partial charge in [0.05, 0.1) is 7.11 Å². The molecule has 1 saturated carbocycles. The van der Waals surface area contributed by atoms with E-state index in [1.807, 2.05) is 42.5 Å². The summed E-state index contributed by atoms with van der Waals surface area (Å²) in [6.07, 6.45) is 0.933. The van der Waals surface area contributed by atoms with Crippen LogP contribution in [0.3, 0.4) is 0 Å². The third-order valence-electron chi connectivity index (χ3n) is 5.45. The van der Waals surface area contributed by atoms with Crippen molar-refractivity contribution in [3.05, 3.63) is 59.4 Å². The van der Waals surface area contributed by atoms with Crippen LogP contribution in [0.15, 0.2) is 42.5 Å². The number of rotatable bonds is 4. The highest BCUT2D eigenvalue weighted by Gasteiger charge is 2.43. The number of para-hydroxylation sites is 1. The Morgan fingerprint density at radius 1 is 1.21 bits per heavy atom. The normalized spacial score (nSPS) is 18.1. The van der Waals surface area contributed by atoms with Gasteiger partial charge in [-0.1, -0.05) is 18.2 Å². The second-order valence-electron chi connectivity index (χ2n) is 7.19. The fourth-order valence-corrected chi connectivity index (χ4v) is 3.87. The zero-order chi connectivity index (χ0) is 20.1. The maximum atomic E-state index is 11.9. The van der Waals surface area contributed by atoms with Crippen molar-refractivity contribution in [1.82, 2.24) is 24.9 Å². The molecule has 8 heteroatoms. The molecule has 2 heterocycles. The van der Waals surface area contributed by atoms with Crippen molar-refractivity contribution >= 4 is 28.4 Å². The van der Waals surface area contributed by atoms with Gasteiger partial charge in [-0.15, -0.1) is 5.10 Å². The Balaban J connectivity index is 1.54. The summed E-state index contributed by atoms with van der Waals surface area (Å²) < 4.78 is 7.00. The number of hydrogen-bond donors (Lipinski definition) is 2. The Morgan fingerprint density at radius 3 is 2.83 bits per heavy atom. The maximum absolute atomic E-state index is 11.9. The first kappa shape index (κ1) is 17.4. The summed E-state index contributed by atoms with van der Waals surface area (Å²) >= 11 is 0. The van der Waals surface area contributed by atoms with Gasteiger partial charge in [-0.25, -0.2) is 9.97 Å². The van der Waals surface area contributed by atoms with Gasteiger partial charge in [0.15, 0.2) is 11.5 Å². The first-order chi connectivity index (χ1) is 14.1. The van der Waals surface area contributed by atoms with Gasteiger partial charge in [0.2, 0.25) is 5.95 Å². The van der Waals surface area contributed by atoms with Crippen LogP contribution in [-0.2, 0) is 0 Å². The minimum Gasteiger partial charge on any atom is -0.494 e. The fraction of sp³-hybridized carbons (Fsp3) is 0.238. The SMILES string of the molecule is CNC(=O)c1cccc(C2CC2c2nc3c4cccc(OC)c4nc(N)n3n2)c1. The summed E-state index contributed by atoms with van der Waals surface area (Å²) in [5.41, 5.74) is 9.26. The molecule has 0 bridgehead atoms. The summed E-state index contributed by atoms with van der Waals surface area (Å²) in [5.74, 6) is 2.05. The Bertz CT molecular complexity index is 1260. The number of nitrogen functional groups attached to an aromatic ring is 1. The summed E-state index contributed by atoms with van der Waals surface area (Å²) in [5, 5.41) is 8.13. The molecule has 3 N–H and O–H groups in total. The zero-order valence-corrected chi connectivity index (χ0v) is 16.1. The topological polar surface area (TPSA) is 107 Å². The molecule has 0 aliphatic heterocycles. The van der Waals surface area contributed by atoms with Gasteiger partial charge in [0.1, 0.15) is 11.3 Å². The van der Waals surface area contributed by atoms with Crippen molar-refractivity contribution in [3.8, 4) is 5.75 Å². The third kappa shape index (κ3) is 2.75. The van der Waals surface area contributed by atoms with Gasteiger partial charge < -0.3 is 15.8 Å². The highest BCUT2D eigenvalue weighted by molar-refractivity contribution is 5.96. The predicted molar refractivity (Wildman–Crippen MR) is 109 cm³/mol. The van der Waals surface area contributed by atoms with Gasteiger partial charge in [0, 0.05) is 23.9 Å². The fourth-order valence-electron chi connectivity index (χ4n) is 3.87. The lowest BCUT2D eigenvalue weighted by Gasteiger charge is -2.06. The molecule has 2 aromatic heterocycles. The minimum atomic E-state index is -0.0887. The molecular weight excluding hydrogens is 368 g/mol. The van der Waals surface area contributed by atoms with Crippen molar-refractivity contribution in [1.29, 1.82) is 0 Å².